The van der Waals surface area contributed by atoms with Gasteiger partial charge in [-0.3, -0.25) is 4.79 Å². The van der Waals surface area contributed by atoms with E-state index in [1.165, 1.54) is 29.9 Å². The Morgan fingerprint density at radius 3 is 2.42 bits per heavy atom. The van der Waals surface area contributed by atoms with Crippen LogP contribution in [0.3, 0.4) is 0 Å². The highest BCUT2D eigenvalue weighted by Gasteiger charge is 2.30. The first-order chi connectivity index (χ1) is 15.4. The molecule has 0 saturated carbocycles. The Balaban J connectivity index is 1.54. The SMILES string of the molecule is Cn1c(C(=O)N2CCc3c(cccc3Nc3ccc(C(F)(F)F)cc3)C2)cnc1S(C)(=O)=O. The van der Waals surface area contributed by atoms with Gasteiger partial charge in [0.15, 0.2) is 0 Å². The quantitative estimate of drug-likeness (QED) is 0.617. The summed E-state index contributed by atoms with van der Waals surface area (Å²) < 4.78 is 63.3. The maximum Gasteiger partial charge on any atom is 0.416 e. The number of hydrogen-bond donors (Lipinski definition) is 1. The topological polar surface area (TPSA) is 84.3 Å². The maximum atomic E-state index is 13.0. The molecule has 2 aromatic carbocycles. The normalized spacial score (nSPS) is 14.2. The lowest BCUT2D eigenvalue weighted by Gasteiger charge is -2.30. The van der Waals surface area contributed by atoms with Crippen molar-refractivity contribution in [1.82, 2.24) is 14.5 Å². The van der Waals surface area contributed by atoms with Crippen molar-refractivity contribution in [3.8, 4) is 0 Å². The number of nitrogens with one attached hydrogen (secondary N) is 1. The number of carbonyl (C=O) groups is 1. The number of amides is 1. The Hall–Kier alpha value is -3.34. The summed E-state index contributed by atoms with van der Waals surface area (Å²) in [7, 11) is -2.07. The zero-order chi connectivity index (χ0) is 24.0. The number of benzene rings is 2. The van der Waals surface area contributed by atoms with E-state index in [2.05, 4.69) is 10.3 Å². The van der Waals surface area contributed by atoms with Crippen LogP contribution in [0, 0.1) is 0 Å². The minimum Gasteiger partial charge on any atom is -0.355 e. The number of imidazole rings is 1. The summed E-state index contributed by atoms with van der Waals surface area (Å²) in [5.74, 6) is -0.327. The van der Waals surface area contributed by atoms with Crippen molar-refractivity contribution in [2.24, 2.45) is 7.05 Å². The standard InChI is InChI=1S/C22H21F3N4O3S/c1-28-19(12-26-21(28)33(2,31)32)20(30)29-11-10-17-14(13-29)4-3-5-18(17)27-16-8-6-15(7-9-16)22(23,24)25/h3-9,12,27H,10-11,13H2,1-2H3. The van der Waals surface area contributed by atoms with Crippen molar-refractivity contribution in [1.29, 1.82) is 0 Å². The van der Waals surface area contributed by atoms with E-state index in [0.29, 0.717) is 25.2 Å². The first-order valence-corrected chi connectivity index (χ1v) is 11.9. The number of anilines is 2. The van der Waals surface area contributed by atoms with Crippen LogP contribution in [0.2, 0.25) is 0 Å². The molecule has 0 radical (unpaired) electrons. The molecule has 11 heteroatoms. The molecule has 7 nitrogen and oxygen atoms in total. The number of alkyl halides is 3. The molecule has 1 aliphatic rings. The molecule has 0 atom stereocenters. The van der Waals surface area contributed by atoms with E-state index in [4.69, 9.17) is 0 Å². The van der Waals surface area contributed by atoms with E-state index in [1.807, 2.05) is 18.2 Å². The van der Waals surface area contributed by atoms with E-state index < -0.39 is 21.6 Å². The molecule has 1 N–H and O–H groups in total. The number of aromatic nitrogens is 2. The molecule has 1 amide bonds. The Morgan fingerprint density at radius 1 is 1.12 bits per heavy atom. The van der Waals surface area contributed by atoms with E-state index in [-0.39, 0.29) is 16.8 Å². The van der Waals surface area contributed by atoms with Crippen LogP contribution in [0.1, 0.15) is 27.2 Å². The fourth-order valence-electron chi connectivity index (χ4n) is 3.90. The number of halogens is 3. The van der Waals surface area contributed by atoms with Crippen molar-refractivity contribution in [2.75, 3.05) is 18.1 Å². The van der Waals surface area contributed by atoms with E-state index >= 15 is 0 Å². The van der Waals surface area contributed by atoms with Gasteiger partial charge in [-0.1, -0.05) is 12.1 Å². The highest BCUT2D eigenvalue weighted by molar-refractivity contribution is 7.90. The lowest BCUT2D eigenvalue weighted by atomic mass is 9.97. The third-order valence-corrected chi connectivity index (χ3v) is 6.58. The number of sulfone groups is 1. The second kappa shape index (κ2) is 8.22. The van der Waals surface area contributed by atoms with Gasteiger partial charge in [0, 0.05) is 37.8 Å². The average Bonchev–Trinajstić information content (AvgIpc) is 3.14. The van der Waals surface area contributed by atoms with Gasteiger partial charge in [-0.25, -0.2) is 13.4 Å². The van der Waals surface area contributed by atoms with Crippen LogP contribution in [-0.2, 0) is 36.0 Å². The second-order valence-corrected chi connectivity index (χ2v) is 9.79. The molecule has 1 aliphatic heterocycles. The van der Waals surface area contributed by atoms with Crippen LogP contribution < -0.4 is 5.32 Å². The Morgan fingerprint density at radius 2 is 1.82 bits per heavy atom. The second-order valence-electron chi connectivity index (χ2n) is 7.88. The lowest BCUT2D eigenvalue weighted by Crippen LogP contribution is -2.37. The Labute approximate surface area is 188 Å². The first-order valence-electron chi connectivity index (χ1n) is 10.0. The highest BCUT2D eigenvalue weighted by Crippen LogP contribution is 2.32. The van der Waals surface area contributed by atoms with Gasteiger partial charge in [0.2, 0.25) is 15.0 Å². The highest BCUT2D eigenvalue weighted by atomic mass is 32.2. The van der Waals surface area contributed by atoms with Crippen LogP contribution in [-0.4, -0.2) is 41.6 Å². The predicted molar refractivity (Wildman–Crippen MR) is 116 cm³/mol. The number of carbonyl (C=O) groups excluding carboxylic acids is 1. The van der Waals surface area contributed by atoms with E-state index in [9.17, 15) is 26.4 Å². The summed E-state index contributed by atoms with van der Waals surface area (Å²) in [6.45, 7) is 0.715. The molecule has 1 aromatic heterocycles. The summed E-state index contributed by atoms with van der Waals surface area (Å²) in [6, 6.07) is 10.3. The molecule has 2 heterocycles. The average molecular weight is 478 g/mol. The van der Waals surface area contributed by atoms with Crippen LogP contribution >= 0.6 is 0 Å². The van der Waals surface area contributed by atoms with Crippen LogP contribution in [0.5, 0.6) is 0 Å². The number of fused-ring (bicyclic) bond motifs is 1. The molecule has 33 heavy (non-hydrogen) atoms. The van der Waals surface area contributed by atoms with Crippen molar-refractivity contribution in [3.05, 3.63) is 71.0 Å². The smallest absolute Gasteiger partial charge is 0.355 e. The van der Waals surface area contributed by atoms with Gasteiger partial charge in [-0.2, -0.15) is 13.2 Å². The van der Waals surface area contributed by atoms with Gasteiger partial charge >= 0.3 is 6.18 Å². The molecule has 0 bridgehead atoms. The van der Waals surface area contributed by atoms with Crippen molar-refractivity contribution >= 4 is 27.1 Å². The molecular formula is C22H21F3N4O3S. The predicted octanol–water partition coefficient (Wildman–Crippen LogP) is 3.78. The van der Waals surface area contributed by atoms with Gasteiger partial charge in [0.05, 0.1) is 11.8 Å². The molecule has 0 fully saturated rings. The zero-order valence-electron chi connectivity index (χ0n) is 17.8. The Kier molecular flexibility index (Phi) is 5.69. The molecule has 0 spiro atoms. The van der Waals surface area contributed by atoms with Crippen molar-refractivity contribution in [3.63, 3.8) is 0 Å². The fraction of sp³-hybridized carbons (Fsp3) is 0.273. The number of hydrogen-bond acceptors (Lipinski definition) is 5. The maximum absolute atomic E-state index is 13.0. The number of rotatable bonds is 4. The van der Waals surface area contributed by atoms with Crippen LogP contribution in [0.4, 0.5) is 24.5 Å². The van der Waals surface area contributed by atoms with Crippen molar-refractivity contribution < 1.29 is 26.4 Å². The lowest BCUT2D eigenvalue weighted by molar-refractivity contribution is -0.137. The fourth-order valence-corrected chi connectivity index (χ4v) is 4.74. The Bertz CT molecular complexity index is 1320. The third-order valence-electron chi connectivity index (χ3n) is 5.54. The minimum atomic E-state index is -4.39. The van der Waals surface area contributed by atoms with Crippen molar-refractivity contribution in [2.45, 2.75) is 24.3 Å². The first kappa shape index (κ1) is 22.8. The monoisotopic (exact) mass is 478 g/mol. The van der Waals surface area contributed by atoms with E-state index in [0.717, 1.165) is 35.2 Å². The van der Waals surface area contributed by atoms with E-state index in [1.54, 1.807) is 4.90 Å². The third kappa shape index (κ3) is 4.58. The van der Waals surface area contributed by atoms with Gasteiger partial charge in [-0.15, -0.1) is 0 Å². The summed E-state index contributed by atoms with van der Waals surface area (Å²) in [5.41, 5.74) is 2.63. The van der Waals surface area contributed by atoms with Crippen LogP contribution in [0.25, 0.3) is 0 Å². The largest absolute Gasteiger partial charge is 0.416 e. The molecular weight excluding hydrogens is 457 g/mol. The van der Waals surface area contributed by atoms with Gasteiger partial charge < -0.3 is 14.8 Å². The van der Waals surface area contributed by atoms with Crippen LogP contribution in [0.15, 0.2) is 53.8 Å². The molecule has 174 valence electrons. The summed E-state index contributed by atoms with van der Waals surface area (Å²) in [6.07, 6.45) is -1.57. The molecule has 3 aromatic rings. The molecule has 0 unspecified atom stereocenters. The summed E-state index contributed by atoms with van der Waals surface area (Å²) >= 11 is 0. The zero-order valence-corrected chi connectivity index (χ0v) is 18.7. The summed E-state index contributed by atoms with van der Waals surface area (Å²) in [4.78, 5) is 18.5. The minimum absolute atomic E-state index is 0.175. The van der Waals surface area contributed by atoms with Gasteiger partial charge in [-0.05, 0) is 47.9 Å². The molecule has 0 saturated heterocycles. The van der Waals surface area contributed by atoms with Gasteiger partial charge in [0.1, 0.15) is 5.69 Å². The molecule has 4 rings (SSSR count). The van der Waals surface area contributed by atoms with Gasteiger partial charge in [0.25, 0.3) is 5.91 Å². The molecule has 0 aliphatic carbocycles. The number of nitrogens with zero attached hydrogens (tertiary/aromatic N) is 3. The summed E-state index contributed by atoms with van der Waals surface area (Å²) in [5, 5.41) is 2.99.